The molecular weight excluding hydrogens is 217 g/mol. The van der Waals surface area contributed by atoms with Crippen LogP contribution in [0.3, 0.4) is 0 Å². The summed E-state index contributed by atoms with van der Waals surface area (Å²) >= 11 is 0. The number of hydrogen-bond acceptors (Lipinski definition) is 3. The molecule has 1 aromatic carbocycles. The van der Waals surface area contributed by atoms with Crippen molar-refractivity contribution in [2.75, 3.05) is 0 Å². The Morgan fingerprint density at radius 1 is 1.18 bits per heavy atom. The predicted octanol–water partition coefficient (Wildman–Crippen LogP) is 2.36. The molecule has 82 valence electrons. The van der Waals surface area contributed by atoms with Crippen molar-refractivity contribution in [2.45, 2.75) is 12.8 Å². The number of allylic oxidation sites excluding steroid dienone is 1. The smallest absolute Gasteiger partial charge is 0.145 e. The van der Waals surface area contributed by atoms with E-state index in [9.17, 15) is 4.39 Å². The molecule has 0 heterocycles. The van der Waals surface area contributed by atoms with Crippen LogP contribution in [0.25, 0.3) is 0 Å². The molecule has 0 aliphatic carbocycles. The fraction of sp³-hybridized carbons (Fsp3) is 0.154. The monoisotopic (exact) mass is 225 g/mol. The van der Waals surface area contributed by atoms with Crippen LogP contribution in [0, 0.1) is 39.8 Å². The maximum atomic E-state index is 13.8. The lowest BCUT2D eigenvalue weighted by molar-refractivity contribution is 0.608. The molecule has 0 fully saturated rings. The molecule has 0 unspecified atom stereocenters. The minimum atomic E-state index is -0.718. The largest absolute Gasteiger partial charge is 0.205 e. The minimum absolute atomic E-state index is 0.114. The molecule has 0 saturated heterocycles. The Balaban J connectivity index is 3.62. The Bertz CT molecular complexity index is 583. The molecule has 0 bridgehead atoms. The van der Waals surface area contributed by atoms with Crippen LogP contribution in [0.4, 0.5) is 4.39 Å². The Labute approximate surface area is 98.6 Å². The molecule has 0 radical (unpaired) electrons. The molecule has 1 aromatic rings. The highest BCUT2D eigenvalue weighted by Crippen LogP contribution is 2.23. The van der Waals surface area contributed by atoms with Gasteiger partial charge in [-0.2, -0.15) is 15.8 Å². The van der Waals surface area contributed by atoms with Gasteiger partial charge < -0.3 is 0 Å². The molecule has 0 N–H and O–H groups in total. The van der Waals surface area contributed by atoms with Gasteiger partial charge >= 0.3 is 0 Å². The Hall–Kier alpha value is -2.64. The summed E-state index contributed by atoms with van der Waals surface area (Å²) in [5, 5.41) is 26.4. The van der Waals surface area contributed by atoms with Gasteiger partial charge in [-0.05, 0) is 18.1 Å². The number of rotatable bonds is 3. The third-order valence-corrected chi connectivity index (χ3v) is 2.32. The Morgan fingerprint density at radius 2 is 1.82 bits per heavy atom. The standard InChI is InChI=1S/C13H8FN3/c1-2-3-11-9(7-16)6-10(8-17)13(14)12(11)4-5-15/h2,6H,1,3-4H2. The van der Waals surface area contributed by atoms with Gasteiger partial charge in [0.15, 0.2) is 0 Å². The lowest BCUT2D eigenvalue weighted by Crippen LogP contribution is -2.03. The van der Waals surface area contributed by atoms with Crippen LogP contribution in [0.2, 0.25) is 0 Å². The van der Waals surface area contributed by atoms with Crippen LogP contribution in [-0.2, 0) is 12.8 Å². The van der Waals surface area contributed by atoms with Crippen LogP contribution in [-0.4, -0.2) is 0 Å². The molecular formula is C13H8FN3. The topological polar surface area (TPSA) is 71.4 Å². The average molecular weight is 225 g/mol. The van der Waals surface area contributed by atoms with Crippen LogP contribution in [0.5, 0.6) is 0 Å². The first-order chi connectivity index (χ1) is 8.19. The lowest BCUT2D eigenvalue weighted by atomic mass is 9.94. The second-order valence-corrected chi connectivity index (χ2v) is 3.29. The fourth-order valence-corrected chi connectivity index (χ4v) is 1.57. The number of benzene rings is 1. The Morgan fingerprint density at radius 3 is 2.29 bits per heavy atom. The van der Waals surface area contributed by atoms with Crippen molar-refractivity contribution < 1.29 is 4.39 Å². The van der Waals surface area contributed by atoms with E-state index >= 15 is 0 Å². The number of hydrogen-bond donors (Lipinski definition) is 0. The molecule has 0 aromatic heterocycles. The molecule has 0 amide bonds. The quantitative estimate of drug-likeness (QED) is 0.741. The van der Waals surface area contributed by atoms with Gasteiger partial charge in [0.1, 0.15) is 11.9 Å². The second kappa shape index (κ2) is 5.45. The average Bonchev–Trinajstić information content (AvgIpc) is 2.34. The molecule has 1 rings (SSSR count). The van der Waals surface area contributed by atoms with Crippen LogP contribution in [0.1, 0.15) is 22.3 Å². The third-order valence-electron chi connectivity index (χ3n) is 2.32. The summed E-state index contributed by atoms with van der Waals surface area (Å²) in [6.45, 7) is 3.53. The molecule has 0 saturated carbocycles. The summed E-state index contributed by atoms with van der Waals surface area (Å²) < 4.78 is 13.8. The molecule has 0 aliphatic heterocycles. The first kappa shape index (κ1) is 12.4. The van der Waals surface area contributed by atoms with Gasteiger partial charge in [-0.1, -0.05) is 6.08 Å². The molecule has 0 atom stereocenters. The first-order valence-corrected chi connectivity index (χ1v) is 4.81. The highest BCUT2D eigenvalue weighted by Gasteiger charge is 2.17. The van der Waals surface area contributed by atoms with Crippen LogP contribution in [0.15, 0.2) is 18.7 Å². The summed E-state index contributed by atoms with van der Waals surface area (Å²) in [4.78, 5) is 0. The van der Waals surface area contributed by atoms with Crippen molar-refractivity contribution in [1.29, 1.82) is 15.8 Å². The van der Waals surface area contributed by atoms with E-state index in [-0.39, 0.29) is 23.1 Å². The number of nitrogens with zero attached hydrogens (tertiary/aromatic N) is 3. The van der Waals surface area contributed by atoms with Gasteiger partial charge in [0.25, 0.3) is 0 Å². The summed E-state index contributed by atoms with van der Waals surface area (Å²) in [6, 6.07) is 6.62. The van der Waals surface area contributed by atoms with Crippen molar-refractivity contribution in [1.82, 2.24) is 0 Å². The predicted molar refractivity (Wildman–Crippen MR) is 59.0 cm³/mol. The first-order valence-electron chi connectivity index (χ1n) is 4.81. The molecule has 0 aliphatic rings. The maximum absolute atomic E-state index is 13.8. The van der Waals surface area contributed by atoms with Crippen molar-refractivity contribution in [3.63, 3.8) is 0 Å². The molecule has 4 heteroatoms. The molecule has 3 nitrogen and oxygen atoms in total. The van der Waals surface area contributed by atoms with Crippen molar-refractivity contribution in [2.24, 2.45) is 0 Å². The SMILES string of the molecule is C=CCc1c(C#N)cc(C#N)c(F)c1CC#N. The third kappa shape index (κ3) is 2.30. The van der Waals surface area contributed by atoms with E-state index in [0.29, 0.717) is 12.0 Å². The normalized spacial score (nSPS) is 8.82. The van der Waals surface area contributed by atoms with Gasteiger partial charge in [-0.3, -0.25) is 0 Å². The zero-order chi connectivity index (χ0) is 12.8. The maximum Gasteiger partial charge on any atom is 0.145 e. The lowest BCUT2D eigenvalue weighted by Gasteiger charge is -2.09. The van der Waals surface area contributed by atoms with Gasteiger partial charge in [0, 0.05) is 5.56 Å². The van der Waals surface area contributed by atoms with Crippen molar-refractivity contribution in [3.8, 4) is 18.2 Å². The molecule has 17 heavy (non-hydrogen) atoms. The van der Waals surface area contributed by atoms with Crippen molar-refractivity contribution >= 4 is 0 Å². The Kier molecular flexibility index (Phi) is 3.98. The van der Waals surface area contributed by atoms with Gasteiger partial charge in [0.2, 0.25) is 0 Å². The minimum Gasteiger partial charge on any atom is -0.205 e. The summed E-state index contributed by atoms with van der Waals surface area (Å²) in [5.74, 6) is -0.718. The van der Waals surface area contributed by atoms with Gasteiger partial charge in [-0.25, -0.2) is 4.39 Å². The van der Waals surface area contributed by atoms with E-state index in [2.05, 4.69) is 6.58 Å². The van der Waals surface area contributed by atoms with Crippen LogP contribution < -0.4 is 0 Å². The fourth-order valence-electron chi connectivity index (χ4n) is 1.57. The summed E-state index contributed by atoms with van der Waals surface area (Å²) in [7, 11) is 0. The van der Waals surface area contributed by atoms with E-state index in [1.165, 1.54) is 12.1 Å². The second-order valence-electron chi connectivity index (χ2n) is 3.29. The summed E-state index contributed by atoms with van der Waals surface area (Å²) in [5.41, 5.74) is 0.552. The number of halogens is 1. The molecule has 0 spiro atoms. The van der Waals surface area contributed by atoms with Gasteiger partial charge in [-0.15, -0.1) is 6.58 Å². The summed E-state index contributed by atoms with van der Waals surface area (Å²) in [6.07, 6.45) is 1.66. The zero-order valence-electron chi connectivity index (χ0n) is 9.00. The zero-order valence-corrected chi connectivity index (χ0v) is 9.00. The van der Waals surface area contributed by atoms with E-state index in [0.717, 1.165) is 0 Å². The van der Waals surface area contributed by atoms with Gasteiger partial charge in [0.05, 0.1) is 29.7 Å². The van der Waals surface area contributed by atoms with E-state index in [4.69, 9.17) is 15.8 Å². The van der Waals surface area contributed by atoms with Crippen LogP contribution >= 0.6 is 0 Å². The highest BCUT2D eigenvalue weighted by atomic mass is 19.1. The highest BCUT2D eigenvalue weighted by molar-refractivity contribution is 5.51. The number of nitriles is 3. The van der Waals surface area contributed by atoms with E-state index in [1.54, 1.807) is 6.07 Å². The van der Waals surface area contributed by atoms with E-state index < -0.39 is 5.82 Å². The van der Waals surface area contributed by atoms with Crippen molar-refractivity contribution in [3.05, 3.63) is 46.8 Å². The van der Waals surface area contributed by atoms with E-state index in [1.807, 2.05) is 12.1 Å².